The predicted molar refractivity (Wildman–Crippen MR) is 98.7 cm³/mol. The zero-order valence-corrected chi connectivity index (χ0v) is 14.0. The van der Waals surface area contributed by atoms with Crippen LogP contribution in [-0.2, 0) is 6.54 Å². The van der Waals surface area contributed by atoms with Crippen LogP contribution >= 0.6 is 24.0 Å². The van der Waals surface area contributed by atoms with Crippen LogP contribution < -0.4 is 4.74 Å². The van der Waals surface area contributed by atoms with E-state index in [2.05, 4.69) is 21.7 Å². The molecule has 0 saturated heterocycles. The van der Waals surface area contributed by atoms with Gasteiger partial charge >= 0.3 is 0 Å². The molecule has 116 valence electrons. The Bertz CT molecular complexity index is 730. The minimum Gasteiger partial charge on any atom is -0.440 e. The topological polar surface area (TPSA) is 27.1 Å². The molecule has 0 saturated carbocycles. The van der Waals surface area contributed by atoms with Gasteiger partial charge in [-0.3, -0.25) is 0 Å². The minimum absolute atomic E-state index is 0.168. The molecular formula is C18H16N2OS2. The number of para-hydroxylation sites is 1. The molecule has 0 aliphatic carbocycles. The maximum Gasteiger partial charge on any atom is 0.226 e. The highest BCUT2D eigenvalue weighted by molar-refractivity contribution is 8.22. The van der Waals surface area contributed by atoms with Gasteiger partial charge in [0.05, 0.1) is 11.6 Å². The third kappa shape index (κ3) is 4.68. The van der Waals surface area contributed by atoms with Crippen molar-refractivity contribution in [3.8, 4) is 5.75 Å². The molecule has 1 atom stereocenters. The molecular weight excluding hydrogens is 324 g/mol. The van der Waals surface area contributed by atoms with Crippen LogP contribution in [0.25, 0.3) is 0 Å². The molecule has 1 unspecified atom stereocenters. The van der Waals surface area contributed by atoms with E-state index in [1.54, 1.807) is 18.0 Å². The summed E-state index contributed by atoms with van der Waals surface area (Å²) in [6.07, 6.45) is 5.56. The smallest absolute Gasteiger partial charge is 0.226 e. The lowest BCUT2D eigenvalue weighted by atomic mass is 10.1. The number of aromatic nitrogens is 2. The molecule has 3 nitrogen and oxygen atoms in total. The van der Waals surface area contributed by atoms with Crippen LogP contribution in [0, 0.1) is 0 Å². The van der Waals surface area contributed by atoms with E-state index >= 15 is 0 Å². The second kappa shape index (κ2) is 7.94. The second-order valence-electron chi connectivity index (χ2n) is 4.94. The number of thioether (sulfide) groups is 1. The average Bonchev–Trinajstić information content (AvgIpc) is 3.09. The maximum atomic E-state index is 5.76. The van der Waals surface area contributed by atoms with Crippen LogP contribution in [0.15, 0.2) is 79.4 Å². The SMILES string of the molecule is S=C(Oc1ccccc1)SC(Cn1ccnc1)c1ccccc1. The van der Waals surface area contributed by atoms with Gasteiger partial charge < -0.3 is 9.30 Å². The summed E-state index contributed by atoms with van der Waals surface area (Å²) in [4.78, 5) is 4.11. The molecule has 1 heterocycles. The summed E-state index contributed by atoms with van der Waals surface area (Å²) in [6.45, 7) is 0.785. The Morgan fingerprint density at radius 1 is 1.09 bits per heavy atom. The molecule has 0 radical (unpaired) electrons. The van der Waals surface area contributed by atoms with E-state index in [-0.39, 0.29) is 5.25 Å². The molecule has 0 amide bonds. The number of rotatable bonds is 5. The summed E-state index contributed by atoms with van der Waals surface area (Å²) in [6, 6.07) is 19.9. The van der Waals surface area contributed by atoms with Crippen molar-refractivity contribution >= 4 is 28.4 Å². The Labute approximate surface area is 145 Å². The van der Waals surface area contributed by atoms with E-state index in [0.29, 0.717) is 4.38 Å². The number of ether oxygens (including phenoxy) is 1. The molecule has 3 aromatic rings. The van der Waals surface area contributed by atoms with Crippen LogP contribution in [0.2, 0.25) is 0 Å². The van der Waals surface area contributed by atoms with Gasteiger partial charge in [0.25, 0.3) is 0 Å². The third-order valence-electron chi connectivity index (χ3n) is 3.29. The molecule has 0 bridgehead atoms. The highest BCUT2D eigenvalue weighted by atomic mass is 32.2. The zero-order valence-electron chi connectivity index (χ0n) is 12.4. The molecule has 0 fully saturated rings. The molecule has 5 heteroatoms. The van der Waals surface area contributed by atoms with E-state index in [1.165, 1.54) is 5.56 Å². The van der Waals surface area contributed by atoms with Crippen molar-refractivity contribution < 1.29 is 4.74 Å². The minimum atomic E-state index is 0.168. The van der Waals surface area contributed by atoms with Gasteiger partial charge in [0.2, 0.25) is 4.38 Å². The fraction of sp³-hybridized carbons (Fsp3) is 0.111. The van der Waals surface area contributed by atoms with Crippen molar-refractivity contribution in [2.24, 2.45) is 0 Å². The Hall–Kier alpha value is -2.11. The lowest BCUT2D eigenvalue weighted by Gasteiger charge is -2.18. The van der Waals surface area contributed by atoms with Crippen LogP contribution in [0.4, 0.5) is 0 Å². The van der Waals surface area contributed by atoms with Crippen molar-refractivity contribution in [1.82, 2.24) is 9.55 Å². The first-order chi connectivity index (χ1) is 11.3. The lowest BCUT2D eigenvalue weighted by molar-refractivity contribution is 0.578. The van der Waals surface area contributed by atoms with Crippen LogP contribution in [0.5, 0.6) is 5.75 Å². The highest BCUT2D eigenvalue weighted by Gasteiger charge is 2.16. The lowest BCUT2D eigenvalue weighted by Crippen LogP contribution is -2.10. The summed E-state index contributed by atoms with van der Waals surface area (Å²) in [7, 11) is 0. The summed E-state index contributed by atoms with van der Waals surface area (Å²) in [5.41, 5.74) is 1.21. The summed E-state index contributed by atoms with van der Waals surface area (Å²) >= 11 is 6.98. The monoisotopic (exact) mass is 340 g/mol. The zero-order chi connectivity index (χ0) is 15.9. The molecule has 23 heavy (non-hydrogen) atoms. The number of imidazole rings is 1. The number of hydrogen-bond acceptors (Lipinski definition) is 4. The van der Waals surface area contributed by atoms with Gasteiger partial charge in [0, 0.05) is 18.9 Å². The van der Waals surface area contributed by atoms with E-state index in [9.17, 15) is 0 Å². The molecule has 0 N–H and O–H groups in total. The van der Waals surface area contributed by atoms with E-state index in [1.807, 2.05) is 61.1 Å². The van der Waals surface area contributed by atoms with Crippen molar-refractivity contribution in [3.05, 3.63) is 84.9 Å². The highest BCUT2D eigenvalue weighted by Crippen LogP contribution is 2.32. The molecule has 1 aromatic heterocycles. The first-order valence-corrected chi connectivity index (χ1v) is 8.54. The van der Waals surface area contributed by atoms with Crippen molar-refractivity contribution in [1.29, 1.82) is 0 Å². The fourth-order valence-electron chi connectivity index (χ4n) is 2.19. The van der Waals surface area contributed by atoms with Crippen LogP contribution in [0.3, 0.4) is 0 Å². The standard InChI is InChI=1S/C18H16N2OS2/c22-18(21-16-9-5-2-6-10-16)23-17(13-20-12-11-19-14-20)15-7-3-1-4-8-15/h1-12,14,17H,13H2. The van der Waals surface area contributed by atoms with Crippen molar-refractivity contribution in [2.75, 3.05) is 0 Å². The maximum absolute atomic E-state index is 5.76. The Balaban J connectivity index is 1.72. The number of hydrogen-bond donors (Lipinski definition) is 0. The van der Waals surface area contributed by atoms with E-state index in [0.717, 1.165) is 12.3 Å². The average molecular weight is 340 g/mol. The molecule has 0 aliphatic rings. The summed E-state index contributed by atoms with van der Waals surface area (Å²) in [5.74, 6) is 0.763. The number of benzene rings is 2. The van der Waals surface area contributed by atoms with Gasteiger partial charge in [0.15, 0.2) is 0 Å². The van der Waals surface area contributed by atoms with Crippen molar-refractivity contribution in [2.45, 2.75) is 11.8 Å². The van der Waals surface area contributed by atoms with Gasteiger partial charge in [-0.05, 0) is 29.9 Å². The van der Waals surface area contributed by atoms with Gasteiger partial charge in [-0.1, -0.05) is 60.3 Å². The number of thiocarbonyl (C=S) groups is 1. The van der Waals surface area contributed by atoms with Crippen LogP contribution in [-0.4, -0.2) is 13.9 Å². The van der Waals surface area contributed by atoms with E-state index in [4.69, 9.17) is 17.0 Å². The first kappa shape index (κ1) is 15.8. The van der Waals surface area contributed by atoms with Gasteiger partial charge in [0.1, 0.15) is 5.75 Å². The van der Waals surface area contributed by atoms with E-state index < -0.39 is 0 Å². The van der Waals surface area contributed by atoms with Crippen molar-refractivity contribution in [3.63, 3.8) is 0 Å². The fourth-order valence-corrected chi connectivity index (χ4v) is 3.55. The Morgan fingerprint density at radius 3 is 2.43 bits per heavy atom. The summed E-state index contributed by atoms with van der Waals surface area (Å²) in [5, 5.41) is 0.168. The molecule has 0 spiro atoms. The first-order valence-electron chi connectivity index (χ1n) is 7.25. The van der Waals surface area contributed by atoms with Gasteiger partial charge in [-0.25, -0.2) is 4.98 Å². The normalized spacial score (nSPS) is 11.8. The van der Waals surface area contributed by atoms with Crippen LogP contribution in [0.1, 0.15) is 10.8 Å². The summed E-state index contributed by atoms with van der Waals surface area (Å²) < 4.78 is 8.33. The third-order valence-corrected chi connectivity index (χ3v) is 4.64. The number of nitrogens with zero attached hydrogens (tertiary/aromatic N) is 2. The second-order valence-corrected chi connectivity index (χ2v) is 6.75. The molecule has 0 aliphatic heterocycles. The predicted octanol–water partition coefficient (Wildman–Crippen LogP) is 4.72. The van der Waals surface area contributed by atoms with Gasteiger partial charge in [-0.2, -0.15) is 0 Å². The largest absolute Gasteiger partial charge is 0.440 e. The quantitative estimate of drug-likeness (QED) is 0.628. The Kier molecular flexibility index (Phi) is 5.45. The molecule has 3 rings (SSSR count). The molecule has 2 aromatic carbocycles. The Morgan fingerprint density at radius 2 is 1.78 bits per heavy atom. The van der Waals surface area contributed by atoms with Gasteiger partial charge in [-0.15, -0.1) is 0 Å².